The number of nitrogens with one attached hydrogen (secondary N) is 3. The lowest BCUT2D eigenvalue weighted by atomic mass is 10.1. The highest BCUT2D eigenvalue weighted by Gasteiger charge is 2.31. The van der Waals surface area contributed by atoms with Gasteiger partial charge in [0.25, 0.3) is 5.91 Å². The fraction of sp³-hybridized carbons (Fsp3) is 0.556. The van der Waals surface area contributed by atoms with Gasteiger partial charge in [-0.05, 0) is 26.0 Å². The van der Waals surface area contributed by atoms with Gasteiger partial charge in [-0.3, -0.25) is 25.3 Å². The van der Waals surface area contributed by atoms with Crippen molar-refractivity contribution in [2.45, 2.75) is 32.0 Å². The molecule has 0 spiro atoms. The van der Waals surface area contributed by atoms with E-state index in [0.29, 0.717) is 19.6 Å². The lowest BCUT2D eigenvalue weighted by Crippen LogP contribution is -2.53. The number of benzene rings is 1. The lowest BCUT2D eigenvalue weighted by molar-refractivity contribution is -0.123. The van der Waals surface area contributed by atoms with E-state index in [1.165, 1.54) is 0 Å². The molecule has 0 bridgehead atoms. The second-order valence-electron chi connectivity index (χ2n) is 6.89. The van der Waals surface area contributed by atoms with Crippen molar-refractivity contribution in [3.8, 4) is 0 Å². The summed E-state index contributed by atoms with van der Waals surface area (Å²) in [6, 6.07) is 9.85. The largest absolute Gasteiger partial charge is 0.349 e. The van der Waals surface area contributed by atoms with Gasteiger partial charge < -0.3 is 10.2 Å². The molecule has 1 aromatic rings. The molecule has 0 radical (unpaired) electrons. The summed E-state index contributed by atoms with van der Waals surface area (Å²) in [5, 5.41) is 3.10. The molecule has 2 heterocycles. The number of hydrogen-bond acceptors (Lipinski definition) is 5. The first kappa shape index (κ1) is 17.8. The van der Waals surface area contributed by atoms with E-state index in [9.17, 15) is 9.59 Å². The maximum Gasteiger partial charge on any atom is 0.253 e. The normalized spacial score (nSPS) is 27.3. The molecule has 136 valence electrons. The van der Waals surface area contributed by atoms with Crippen molar-refractivity contribution in [2.24, 2.45) is 0 Å². The monoisotopic (exact) mass is 345 g/mol. The summed E-state index contributed by atoms with van der Waals surface area (Å²) in [7, 11) is 0. The van der Waals surface area contributed by atoms with E-state index >= 15 is 0 Å². The van der Waals surface area contributed by atoms with E-state index in [4.69, 9.17) is 0 Å². The summed E-state index contributed by atoms with van der Waals surface area (Å²) < 4.78 is 0. The molecule has 7 nitrogen and oxygen atoms in total. The van der Waals surface area contributed by atoms with E-state index in [2.05, 4.69) is 34.9 Å². The number of rotatable bonds is 4. The number of amides is 2. The molecule has 1 aromatic carbocycles. The fourth-order valence-corrected chi connectivity index (χ4v) is 3.43. The Morgan fingerprint density at radius 1 is 1.04 bits per heavy atom. The number of carbonyl (C=O) groups is 2. The average Bonchev–Trinajstić information content (AvgIpc) is 2.94. The summed E-state index contributed by atoms with van der Waals surface area (Å²) in [5.41, 5.74) is 7.00. The van der Waals surface area contributed by atoms with Gasteiger partial charge in [0.05, 0.1) is 12.6 Å². The molecule has 2 aliphatic rings. The Morgan fingerprint density at radius 2 is 1.64 bits per heavy atom. The van der Waals surface area contributed by atoms with Gasteiger partial charge in [-0.15, -0.1) is 0 Å². The molecule has 25 heavy (non-hydrogen) atoms. The Hall–Kier alpha value is -1.96. The predicted molar refractivity (Wildman–Crippen MR) is 95.9 cm³/mol. The first-order valence-electron chi connectivity index (χ1n) is 8.91. The Labute approximate surface area is 148 Å². The van der Waals surface area contributed by atoms with Crippen LogP contribution in [0.2, 0.25) is 0 Å². The van der Waals surface area contributed by atoms with Crippen LogP contribution in [0.15, 0.2) is 30.3 Å². The number of hydrazine groups is 1. The highest BCUT2D eigenvalue weighted by atomic mass is 16.2. The van der Waals surface area contributed by atoms with Crippen molar-refractivity contribution in [1.29, 1.82) is 0 Å². The third-order valence-electron chi connectivity index (χ3n) is 4.99. The van der Waals surface area contributed by atoms with Gasteiger partial charge in [-0.1, -0.05) is 18.2 Å². The molecule has 2 unspecified atom stereocenters. The van der Waals surface area contributed by atoms with Crippen LogP contribution in [0.1, 0.15) is 24.2 Å². The topological polar surface area (TPSA) is 76.7 Å². The van der Waals surface area contributed by atoms with E-state index in [1.807, 2.05) is 35.2 Å². The second-order valence-corrected chi connectivity index (χ2v) is 6.89. The summed E-state index contributed by atoms with van der Waals surface area (Å²) in [6.07, 6.45) is 0. The van der Waals surface area contributed by atoms with E-state index in [1.54, 1.807) is 0 Å². The van der Waals surface area contributed by atoms with Crippen LogP contribution in [0.4, 0.5) is 0 Å². The van der Waals surface area contributed by atoms with Crippen LogP contribution < -0.4 is 16.2 Å². The predicted octanol–water partition coefficient (Wildman–Crippen LogP) is -0.186. The molecular formula is C18H27N5O2. The Morgan fingerprint density at radius 3 is 2.24 bits per heavy atom. The van der Waals surface area contributed by atoms with Crippen LogP contribution in [0, 0.1) is 0 Å². The highest BCUT2D eigenvalue weighted by Crippen LogP contribution is 2.09. The van der Waals surface area contributed by atoms with E-state index in [-0.39, 0.29) is 29.9 Å². The van der Waals surface area contributed by atoms with Crippen LogP contribution >= 0.6 is 0 Å². The van der Waals surface area contributed by atoms with E-state index in [0.717, 1.165) is 18.7 Å². The SMILES string of the molecule is CC1NNC(C)C1NC(=O)CN1CCN(C(=O)c2ccccc2)CC1. The summed E-state index contributed by atoms with van der Waals surface area (Å²) >= 11 is 0. The van der Waals surface area contributed by atoms with Gasteiger partial charge in [0.15, 0.2) is 0 Å². The molecule has 2 atom stereocenters. The summed E-state index contributed by atoms with van der Waals surface area (Å²) in [5.74, 6) is 0.104. The minimum atomic E-state index is 0.0389. The molecule has 0 aromatic heterocycles. The zero-order valence-electron chi connectivity index (χ0n) is 14.9. The molecular weight excluding hydrogens is 318 g/mol. The van der Waals surface area contributed by atoms with Gasteiger partial charge in [-0.2, -0.15) is 0 Å². The van der Waals surface area contributed by atoms with Gasteiger partial charge >= 0.3 is 0 Å². The molecule has 0 aliphatic carbocycles. The first-order valence-corrected chi connectivity index (χ1v) is 8.91. The Bertz CT molecular complexity index is 591. The van der Waals surface area contributed by atoms with E-state index < -0.39 is 0 Å². The van der Waals surface area contributed by atoms with Crippen molar-refractivity contribution < 1.29 is 9.59 Å². The van der Waals surface area contributed by atoms with Gasteiger partial charge in [0.2, 0.25) is 5.91 Å². The quantitative estimate of drug-likeness (QED) is 0.705. The first-order chi connectivity index (χ1) is 12.0. The van der Waals surface area contributed by atoms with Crippen LogP contribution in [0.5, 0.6) is 0 Å². The molecule has 3 N–H and O–H groups in total. The minimum Gasteiger partial charge on any atom is -0.349 e. The summed E-state index contributed by atoms with van der Waals surface area (Å²) in [4.78, 5) is 28.7. The van der Waals surface area contributed by atoms with Crippen molar-refractivity contribution in [2.75, 3.05) is 32.7 Å². The minimum absolute atomic E-state index is 0.0389. The molecule has 7 heteroatoms. The number of piperazine rings is 1. The Kier molecular flexibility index (Phi) is 5.67. The third-order valence-corrected chi connectivity index (χ3v) is 4.99. The van der Waals surface area contributed by atoms with Crippen molar-refractivity contribution in [3.05, 3.63) is 35.9 Å². The van der Waals surface area contributed by atoms with Crippen LogP contribution in [-0.4, -0.2) is 72.5 Å². The lowest BCUT2D eigenvalue weighted by Gasteiger charge is -2.34. The second kappa shape index (κ2) is 7.95. The summed E-state index contributed by atoms with van der Waals surface area (Å²) in [6.45, 7) is 7.23. The molecule has 2 fully saturated rings. The number of hydrogen-bond donors (Lipinski definition) is 3. The van der Waals surface area contributed by atoms with Crippen LogP contribution in [0.3, 0.4) is 0 Å². The standard InChI is InChI=1S/C18H27N5O2/c1-13-17(14(2)21-20-13)19-16(24)12-22-8-10-23(11-9-22)18(25)15-6-4-3-5-7-15/h3-7,13-14,17,20-21H,8-12H2,1-2H3,(H,19,24). The van der Waals surface area contributed by atoms with Crippen LogP contribution in [0.25, 0.3) is 0 Å². The third kappa shape index (κ3) is 4.36. The zero-order chi connectivity index (χ0) is 17.8. The molecule has 3 rings (SSSR count). The number of carbonyl (C=O) groups excluding carboxylic acids is 2. The van der Waals surface area contributed by atoms with Gasteiger partial charge in [-0.25, -0.2) is 0 Å². The molecule has 2 amide bonds. The fourth-order valence-electron chi connectivity index (χ4n) is 3.43. The molecule has 0 saturated carbocycles. The van der Waals surface area contributed by atoms with Crippen molar-refractivity contribution in [3.63, 3.8) is 0 Å². The maximum atomic E-state index is 12.4. The molecule has 2 saturated heterocycles. The zero-order valence-corrected chi connectivity index (χ0v) is 14.9. The van der Waals surface area contributed by atoms with Crippen molar-refractivity contribution in [1.82, 2.24) is 26.0 Å². The molecule has 2 aliphatic heterocycles. The van der Waals surface area contributed by atoms with Crippen LogP contribution in [-0.2, 0) is 4.79 Å². The van der Waals surface area contributed by atoms with Gasteiger partial charge in [0, 0.05) is 43.8 Å². The smallest absolute Gasteiger partial charge is 0.253 e. The number of nitrogens with zero attached hydrogens (tertiary/aromatic N) is 2. The highest BCUT2D eigenvalue weighted by molar-refractivity contribution is 5.94. The van der Waals surface area contributed by atoms with Crippen molar-refractivity contribution >= 4 is 11.8 Å². The maximum absolute atomic E-state index is 12.4. The average molecular weight is 345 g/mol. The Balaban J connectivity index is 1.45. The van der Waals surface area contributed by atoms with Gasteiger partial charge in [0.1, 0.15) is 0 Å².